The van der Waals surface area contributed by atoms with E-state index in [2.05, 4.69) is 127 Å². The molecule has 0 radical (unpaired) electrons. The zero-order valence-corrected chi connectivity index (χ0v) is 22.7. The summed E-state index contributed by atoms with van der Waals surface area (Å²) in [5.74, 6) is 0. The van der Waals surface area contributed by atoms with Gasteiger partial charge in [0.1, 0.15) is 16.7 Å². The van der Waals surface area contributed by atoms with Gasteiger partial charge in [-0.15, -0.1) is 0 Å². The minimum atomic E-state index is 0.842. The van der Waals surface area contributed by atoms with Crippen LogP contribution in [0.2, 0.25) is 0 Å². The van der Waals surface area contributed by atoms with Gasteiger partial charge in [-0.1, -0.05) is 109 Å². The van der Waals surface area contributed by atoms with E-state index in [0.717, 1.165) is 44.0 Å². The van der Waals surface area contributed by atoms with Crippen molar-refractivity contribution in [3.8, 4) is 33.4 Å². The molecule has 42 heavy (non-hydrogen) atoms. The summed E-state index contributed by atoms with van der Waals surface area (Å²) in [6.45, 7) is 0. The van der Waals surface area contributed by atoms with Crippen molar-refractivity contribution in [2.45, 2.75) is 0 Å². The van der Waals surface area contributed by atoms with Crippen LogP contribution in [0.15, 0.2) is 155 Å². The van der Waals surface area contributed by atoms with Gasteiger partial charge in [-0.3, -0.25) is 0 Å². The molecule has 2 nitrogen and oxygen atoms in total. The molecular formula is C40H24O2. The van der Waals surface area contributed by atoms with Crippen molar-refractivity contribution in [3.05, 3.63) is 146 Å². The average Bonchev–Trinajstić information content (AvgIpc) is 3.68. The first kappa shape index (κ1) is 23.1. The molecule has 0 amide bonds. The van der Waals surface area contributed by atoms with Crippen LogP contribution in [0, 0.1) is 0 Å². The van der Waals surface area contributed by atoms with Crippen LogP contribution in [-0.2, 0) is 0 Å². The first-order chi connectivity index (χ1) is 20.8. The first-order valence-corrected chi connectivity index (χ1v) is 14.3. The maximum absolute atomic E-state index is 6.36. The molecule has 7 aromatic carbocycles. The van der Waals surface area contributed by atoms with Gasteiger partial charge in [-0.2, -0.15) is 0 Å². The lowest BCUT2D eigenvalue weighted by atomic mass is 9.86. The molecule has 2 heteroatoms. The van der Waals surface area contributed by atoms with E-state index in [-0.39, 0.29) is 0 Å². The second-order valence-electron chi connectivity index (χ2n) is 10.9. The third kappa shape index (κ3) is 3.39. The lowest BCUT2D eigenvalue weighted by Crippen LogP contribution is -1.90. The summed E-state index contributed by atoms with van der Waals surface area (Å²) in [4.78, 5) is 0. The molecule has 0 N–H and O–H groups in total. The van der Waals surface area contributed by atoms with Gasteiger partial charge in [0.25, 0.3) is 0 Å². The molecular weight excluding hydrogens is 512 g/mol. The molecule has 9 aromatic rings. The topological polar surface area (TPSA) is 26.3 Å². The molecule has 0 aliphatic carbocycles. The Hall–Kier alpha value is -5.60. The van der Waals surface area contributed by atoms with Crippen molar-refractivity contribution >= 4 is 54.5 Å². The van der Waals surface area contributed by atoms with Crippen molar-refractivity contribution < 1.29 is 8.83 Å². The number of fused-ring (bicyclic) bond motifs is 7. The van der Waals surface area contributed by atoms with Gasteiger partial charge in [0.15, 0.2) is 0 Å². The lowest BCUT2D eigenvalue weighted by molar-refractivity contribution is 0.615. The summed E-state index contributed by atoms with van der Waals surface area (Å²) in [5.41, 5.74) is 9.89. The predicted molar refractivity (Wildman–Crippen MR) is 175 cm³/mol. The summed E-state index contributed by atoms with van der Waals surface area (Å²) in [6.07, 6.45) is 1.71. The molecule has 0 saturated heterocycles. The van der Waals surface area contributed by atoms with E-state index in [9.17, 15) is 0 Å². The molecule has 0 fully saturated rings. The highest BCUT2D eigenvalue weighted by molar-refractivity contribution is 6.21. The fourth-order valence-electron chi connectivity index (χ4n) is 6.64. The molecule has 196 valence electrons. The van der Waals surface area contributed by atoms with Crippen LogP contribution in [0.4, 0.5) is 0 Å². The Balaban J connectivity index is 1.20. The molecule has 0 saturated carbocycles. The molecule has 2 aromatic heterocycles. The Morgan fingerprint density at radius 2 is 0.881 bits per heavy atom. The zero-order valence-electron chi connectivity index (χ0n) is 22.7. The second kappa shape index (κ2) is 8.95. The quantitative estimate of drug-likeness (QED) is 0.210. The van der Waals surface area contributed by atoms with E-state index in [4.69, 9.17) is 8.83 Å². The highest BCUT2D eigenvalue weighted by Crippen LogP contribution is 2.44. The van der Waals surface area contributed by atoms with Crippen LogP contribution in [0.1, 0.15) is 0 Å². The minimum absolute atomic E-state index is 0.842. The maximum Gasteiger partial charge on any atom is 0.146 e. The number of benzene rings is 7. The van der Waals surface area contributed by atoms with Crippen LogP contribution in [-0.4, -0.2) is 0 Å². The summed E-state index contributed by atoms with van der Waals surface area (Å²) in [7, 11) is 0. The molecule has 0 bridgehead atoms. The smallest absolute Gasteiger partial charge is 0.146 e. The van der Waals surface area contributed by atoms with Gasteiger partial charge < -0.3 is 8.83 Å². The van der Waals surface area contributed by atoms with Crippen molar-refractivity contribution in [3.63, 3.8) is 0 Å². The molecule has 0 atom stereocenters. The summed E-state index contributed by atoms with van der Waals surface area (Å²) in [5, 5.41) is 8.29. The highest BCUT2D eigenvalue weighted by Gasteiger charge is 2.17. The van der Waals surface area contributed by atoms with Crippen LogP contribution >= 0.6 is 0 Å². The van der Waals surface area contributed by atoms with Crippen LogP contribution in [0.25, 0.3) is 87.8 Å². The Bertz CT molecular complexity index is 2380. The van der Waals surface area contributed by atoms with Crippen LogP contribution < -0.4 is 0 Å². The molecule has 2 heterocycles. The van der Waals surface area contributed by atoms with Gasteiger partial charge in [0.2, 0.25) is 0 Å². The van der Waals surface area contributed by atoms with Gasteiger partial charge in [0, 0.05) is 10.8 Å². The minimum Gasteiger partial charge on any atom is -0.464 e. The highest BCUT2D eigenvalue weighted by atomic mass is 16.3. The summed E-state index contributed by atoms with van der Waals surface area (Å²) < 4.78 is 11.9. The average molecular weight is 537 g/mol. The molecule has 0 aliphatic heterocycles. The number of hydrogen-bond donors (Lipinski definition) is 0. The largest absolute Gasteiger partial charge is 0.464 e. The fourth-order valence-corrected chi connectivity index (χ4v) is 6.64. The third-order valence-corrected chi connectivity index (χ3v) is 8.57. The van der Waals surface area contributed by atoms with Crippen molar-refractivity contribution in [2.75, 3.05) is 0 Å². The molecule has 0 unspecified atom stereocenters. The molecule has 9 rings (SSSR count). The van der Waals surface area contributed by atoms with E-state index in [0.29, 0.717) is 0 Å². The monoisotopic (exact) mass is 536 g/mol. The Kier molecular flexibility index (Phi) is 4.93. The van der Waals surface area contributed by atoms with Crippen molar-refractivity contribution in [2.24, 2.45) is 0 Å². The fraction of sp³-hybridized carbons (Fsp3) is 0. The Morgan fingerprint density at radius 1 is 0.333 bits per heavy atom. The van der Waals surface area contributed by atoms with E-state index in [1.165, 1.54) is 43.8 Å². The van der Waals surface area contributed by atoms with Gasteiger partial charge >= 0.3 is 0 Å². The Morgan fingerprint density at radius 3 is 1.55 bits per heavy atom. The van der Waals surface area contributed by atoms with Crippen molar-refractivity contribution in [1.29, 1.82) is 0 Å². The van der Waals surface area contributed by atoms with E-state index in [1.807, 2.05) is 12.1 Å². The molecule has 0 aliphatic rings. The second-order valence-corrected chi connectivity index (χ2v) is 10.9. The van der Waals surface area contributed by atoms with Crippen molar-refractivity contribution in [1.82, 2.24) is 0 Å². The molecule has 0 spiro atoms. The van der Waals surface area contributed by atoms with E-state index >= 15 is 0 Å². The van der Waals surface area contributed by atoms with E-state index in [1.54, 1.807) is 6.26 Å². The van der Waals surface area contributed by atoms with Crippen LogP contribution in [0.3, 0.4) is 0 Å². The van der Waals surface area contributed by atoms with Gasteiger partial charge in [-0.05, 0) is 85.3 Å². The van der Waals surface area contributed by atoms with Gasteiger partial charge in [0.05, 0.1) is 11.6 Å². The van der Waals surface area contributed by atoms with E-state index < -0.39 is 0 Å². The standard InChI is InChI=1S/C40H24O2/c1-2-8-26(9-3-1)38-30-10-4-6-12-32(30)39(33-13-7-5-11-31(33)38)27-16-14-25(15-17-27)28-18-19-29-34-20-21-36-35(22-23-41-36)40(34)42-37(29)24-28/h1-24H. The number of rotatable bonds is 3. The van der Waals surface area contributed by atoms with Gasteiger partial charge in [-0.25, -0.2) is 0 Å². The van der Waals surface area contributed by atoms with Crippen LogP contribution in [0.5, 0.6) is 0 Å². The summed E-state index contributed by atoms with van der Waals surface area (Å²) in [6, 6.07) is 49.8. The first-order valence-electron chi connectivity index (χ1n) is 14.3. The third-order valence-electron chi connectivity index (χ3n) is 8.57. The summed E-state index contributed by atoms with van der Waals surface area (Å²) >= 11 is 0. The number of furan rings is 2. The SMILES string of the molecule is c1ccc(-c2c3ccccc3c(-c3ccc(-c4ccc5c(c4)oc4c6ccoc6ccc54)cc3)c3ccccc23)cc1. The normalized spacial score (nSPS) is 11.8. The zero-order chi connectivity index (χ0) is 27.6. The lowest BCUT2D eigenvalue weighted by Gasteiger charge is -2.18. The number of hydrogen-bond acceptors (Lipinski definition) is 2. The maximum atomic E-state index is 6.36. The predicted octanol–water partition coefficient (Wildman–Crippen LogP) is 11.6. The Labute approximate surface area is 242 Å².